The summed E-state index contributed by atoms with van der Waals surface area (Å²) in [6, 6.07) is 14.2. The lowest BCUT2D eigenvalue weighted by atomic mass is 10.0. The highest BCUT2D eigenvalue weighted by molar-refractivity contribution is 8.01. The van der Waals surface area contributed by atoms with Gasteiger partial charge in [-0.1, -0.05) is 49.2 Å². The Morgan fingerprint density at radius 2 is 1.83 bits per heavy atom. The Morgan fingerprint density at radius 1 is 1.10 bits per heavy atom. The van der Waals surface area contributed by atoms with Crippen molar-refractivity contribution in [1.82, 2.24) is 4.90 Å². The van der Waals surface area contributed by atoms with Gasteiger partial charge in [0.25, 0.3) is 5.91 Å². The van der Waals surface area contributed by atoms with Gasteiger partial charge in [0.05, 0.1) is 12.2 Å². The number of fused-ring (bicyclic) bond motifs is 2. The van der Waals surface area contributed by atoms with E-state index in [0.29, 0.717) is 12.1 Å². The normalized spacial score (nSPS) is 24.0. The molecular formula is C23H23FN2O2S. The second-order valence-corrected chi connectivity index (χ2v) is 9.25. The molecule has 6 heteroatoms. The van der Waals surface area contributed by atoms with Crippen molar-refractivity contribution >= 4 is 29.3 Å². The number of amides is 2. The van der Waals surface area contributed by atoms with Crippen LogP contribution in [0.1, 0.15) is 36.8 Å². The maximum atomic E-state index is 14.3. The molecule has 29 heavy (non-hydrogen) atoms. The number of hydrogen-bond donors (Lipinski definition) is 0. The van der Waals surface area contributed by atoms with Gasteiger partial charge in [-0.25, -0.2) is 4.39 Å². The monoisotopic (exact) mass is 410 g/mol. The van der Waals surface area contributed by atoms with Crippen molar-refractivity contribution in [2.75, 3.05) is 17.2 Å². The van der Waals surface area contributed by atoms with Crippen LogP contribution in [0.3, 0.4) is 0 Å². The van der Waals surface area contributed by atoms with Crippen LogP contribution in [0.5, 0.6) is 0 Å². The summed E-state index contributed by atoms with van der Waals surface area (Å²) in [5.41, 5.74) is 2.11. The fourth-order valence-corrected chi connectivity index (χ4v) is 6.40. The van der Waals surface area contributed by atoms with Crippen LogP contribution in [-0.4, -0.2) is 29.0 Å². The summed E-state index contributed by atoms with van der Waals surface area (Å²) in [6.07, 6.45) is 3.97. The number of thioether (sulfide) groups is 1. The number of nitrogens with zero attached hydrogens (tertiary/aromatic N) is 2. The van der Waals surface area contributed by atoms with Crippen LogP contribution in [0.2, 0.25) is 0 Å². The highest BCUT2D eigenvalue weighted by Gasteiger charge is 2.59. The number of para-hydroxylation sites is 1. The van der Waals surface area contributed by atoms with Gasteiger partial charge in [0.1, 0.15) is 5.82 Å². The van der Waals surface area contributed by atoms with E-state index in [1.165, 1.54) is 17.8 Å². The molecule has 1 atom stereocenters. The minimum atomic E-state index is -1.01. The molecule has 1 aliphatic carbocycles. The minimum absolute atomic E-state index is 0.0196. The van der Waals surface area contributed by atoms with Crippen LogP contribution >= 0.6 is 11.8 Å². The molecule has 2 fully saturated rings. The van der Waals surface area contributed by atoms with Crippen LogP contribution < -0.4 is 4.90 Å². The van der Waals surface area contributed by atoms with Crippen LogP contribution in [0.4, 0.5) is 10.1 Å². The van der Waals surface area contributed by atoms with Gasteiger partial charge in [0.15, 0.2) is 4.87 Å². The number of rotatable bonds is 3. The van der Waals surface area contributed by atoms with Gasteiger partial charge in [-0.2, -0.15) is 0 Å². The Labute approximate surface area is 174 Å². The molecule has 2 amide bonds. The summed E-state index contributed by atoms with van der Waals surface area (Å²) in [5.74, 6) is 0.397. The Bertz CT molecular complexity index is 975. The molecule has 1 saturated heterocycles. The highest BCUT2D eigenvalue weighted by Crippen LogP contribution is 2.55. The van der Waals surface area contributed by atoms with Gasteiger partial charge in [-0.05, 0) is 25.0 Å². The lowest BCUT2D eigenvalue weighted by molar-refractivity contribution is -0.143. The molecule has 1 saturated carbocycles. The number of carbonyl (C=O) groups is 2. The average molecular weight is 411 g/mol. The molecule has 1 unspecified atom stereocenters. The van der Waals surface area contributed by atoms with Crippen molar-refractivity contribution in [3.63, 3.8) is 0 Å². The molecule has 150 valence electrons. The van der Waals surface area contributed by atoms with E-state index in [-0.39, 0.29) is 30.1 Å². The van der Waals surface area contributed by atoms with Crippen LogP contribution in [-0.2, 0) is 21.0 Å². The molecule has 0 aromatic heterocycles. The van der Waals surface area contributed by atoms with Gasteiger partial charge in [0.2, 0.25) is 5.91 Å². The van der Waals surface area contributed by atoms with Crippen LogP contribution in [0, 0.1) is 11.7 Å². The van der Waals surface area contributed by atoms with Crippen molar-refractivity contribution in [3.8, 4) is 0 Å². The van der Waals surface area contributed by atoms with Crippen molar-refractivity contribution in [1.29, 1.82) is 0 Å². The number of anilines is 1. The molecular weight excluding hydrogens is 387 g/mol. The van der Waals surface area contributed by atoms with E-state index in [4.69, 9.17) is 0 Å². The zero-order valence-electron chi connectivity index (χ0n) is 16.1. The second-order valence-electron chi connectivity index (χ2n) is 7.96. The Balaban J connectivity index is 1.56. The van der Waals surface area contributed by atoms with Crippen molar-refractivity contribution in [3.05, 3.63) is 65.5 Å². The predicted molar refractivity (Wildman–Crippen MR) is 112 cm³/mol. The Kier molecular flexibility index (Phi) is 4.62. The fraction of sp³-hybridized carbons (Fsp3) is 0.391. The molecule has 2 aromatic carbocycles. The molecule has 1 spiro atoms. The molecule has 2 aliphatic heterocycles. The first-order chi connectivity index (χ1) is 14.1. The minimum Gasteiger partial charge on any atom is -0.315 e. The zero-order chi connectivity index (χ0) is 20.0. The van der Waals surface area contributed by atoms with Crippen LogP contribution in [0.25, 0.3) is 0 Å². The zero-order valence-corrected chi connectivity index (χ0v) is 17.0. The number of halogens is 1. The van der Waals surface area contributed by atoms with Crippen molar-refractivity contribution in [2.24, 2.45) is 5.92 Å². The average Bonchev–Trinajstić information content (AvgIpc) is 3.47. The van der Waals surface area contributed by atoms with E-state index in [9.17, 15) is 14.0 Å². The smallest absolute Gasteiger partial charge is 0.268 e. The van der Waals surface area contributed by atoms with Crippen molar-refractivity contribution in [2.45, 2.75) is 37.1 Å². The van der Waals surface area contributed by atoms with Crippen LogP contribution in [0.15, 0.2) is 48.5 Å². The van der Waals surface area contributed by atoms with Gasteiger partial charge >= 0.3 is 0 Å². The van der Waals surface area contributed by atoms with Crippen molar-refractivity contribution < 1.29 is 14.0 Å². The summed E-state index contributed by atoms with van der Waals surface area (Å²) < 4.78 is 14.3. The van der Waals surface area contributed by atoms with E-state index >= 15 is 0 Å². The number of benzene rings is 2. The van der Waals surface area contributed by atoms with Gasteiger partial charge in [-0.3, -0.25) is 9.59 Å². The fourth-order valence-electron chi connectivity index (χ4n) is 4.94. The molecule has 2 heterocycles. The molecule has 0 bridgehead atoms. The summed E-state index contributed by atoms with van der Waals surface area (Å²) >= 11 is 1.54. The first-order valence-electron chi connectivity index (χ1n) is 10.2. The number of carbonyl (C=O) groups excluding carboxylic acids is 2. The Morgan fingerprint density at radius 3 is 2.62 bits per heavy atom. The van der Waals surface area contributed by atoms with E-state index in [0.717, 1.165) is 42.7 Å². The number of hydrogen-bond acceptors (Lipinski definition) is 3. The summed E-state index contributed by atoms with van der Waals surface area (Å²) in [4.78, 5) is 29.6. The standard InChI is InChI=1S/C23H23FN2O2S/c24-19-11-5-3-9-17(19)15-25-20-12-6-4-10-18(20)23(22(25)28)26(13-14-29-23)21(27)16-7-1-2-8-16/h3-6,9-12,16H,1-2,7-8,13-15H2. The lowest BCUT2D eigenvalue weighted by Gasteiger charge is -2.34. The van der Waals surface area contributed by atoms with E-state index < -0.39 is 4.87 Å². The largest absolute Gasteiger partial charge is 0.315 e. The predicted octanol–water partition coefficient (Wildman–Crippen LogP) is 4.29. The van der Waals surface area contributed by atoms with Gasteiger partial charge in [0, 0.05) is 29.3 Å². The summed E-state index contributed by atoms with van der Waals surface area (Å²) in [5, 5.41) is 0. The quantitative estimate of drug-likeness (QED) is 0.758. The maximum absolute atomic E-state index is 14.3. The lowest BCUT2D eigenvalue weighted by Crippen LogP contribution is -2.51. The second kappa shape index (κ2) is 7.17. The molecule has 4 nitrogen and oxygen atoms in total. The topological polar surface area (TPSA) is 40.6 Å². The molecule has 0 N–H and O–H groups in total. The van der Waals surface area contributed by atoms with Gasteiger partial charge < -0.3 is 9.80 Å². The SMILES string of the molecule is O=C(C1CCCC1)N1CCSC12C(=O)N(Cc1ccccc1F)c1ccccc12. The molecule has 5 rings (SSSR count). The summed E-state index contributed by atoms with van der Waals surface area (Å²) in [7, 11) is 0. The van der Waals surface area contributed by atoms with E-state index in [1.807, 2.05) is 29.2 Å². The van der Waals surface area contributed by atoms with E-state index in [1.54, 1.807) is 23.1 Å². The molecule has 2 aromatic rings. The Hall–Kier alpha value is -2.34. The molecule has 3 aliphatic rings. The third-order valence-corrected chi connectivity index (χ3v) is 7.78. The maximum Gasteiger partial charge on any atom is 0.268 e. The van der Waals surface area contributed by atoms with Gasteiger partial charge in [-0.15, -0.1) is 11.8 Å². The first-order valence-corrected chi connectivity index (χ1v) is 11.2. The molecule has 0 radical (unpaired) electrons. The summed E-state index contributed by atoms with van der Waals surface area (Å²) in [6.45, 7) is 0.740. The third kappa shape index (κ3) is 2.80. The highest BCUT2D eigenvalue weighted by atomic mass is 32.2. The van der Waals surface area contributed by atoms with E-state index in [2.05, 4.69) is 0 Å². The third-order valence-electron chi connectivity index (χ3n) is 6.36. The first kappa shape index (κ1) is 18.7.